The van der Waals surface area contributed by atoms with Crippen LogP contribution in [-0.2, 0) is 4.79 Å². The summed E-state index contributed by atoms with van der Waals surface area (Å²) in [5.74, 6) is 0.673. The maximum Gasteiger partial charge on any atom is 0.234 e. The average molecular weight is 181 g/mol. The molecule has 0 radical (unpaired) electrons. The molecule has 0 aromatic heterocycles. The molecule has 1 heterocycles. The summed E-state index contributed by atoms with van der Waals surface area (Å²) < 4.78 is 0. The van der Waals surface area contributed by atoms with E-state index in [1.807, 2.05) is 0 Å². The zero-order valence-electron chi connectivity index (χ0n) is 6.20. The standard InChI is InChI=1S/C8H7NO2S/c10-5-1-2-6-7(3-5)12-4-8(11)9-6/h1-3,10H,4H2,(H,9,11). The summed E-state index contributed by atoms with van der Waals surface area (Å²) in [6.45, 7) is 0. The minimum absolute atomic E-state index is 0.0122. The zero-order valence-corrected chi connectivity index (χ0v) is 7.02. The Kier molecular flexibility index (Phi) is 1.69. The summed E-state index contributed by atoms with van der Waals surface area (Å²) in [6, 6.07) is 4.92. The molecule has 0 saturated heterocycles. The molecule has 0 atom stereocenters. The fourth-order valence-corrected chi connectivity index (χ4v) is 1.90. The van der Waals surface area contributed by atoms with E-state index in [1.54, 1.807) is 18.2 Å². The molecule has 1 amide bonds. The van der Waals surface area contributed by atoms with Gasteiger partial charge in [-0.1, -0.05) is 0 Å². The van der Waals surface area contributed by atoms with Crippen LogP contribution >= 0.6 is 11.8 Å². The molecule has 1 aromatic rings. The molecule has 1 aliphatic rings. The van der Waals surface area contributed by atoms with Gasteiger partial charge in [0, 0.05) is 4.90 Å². The predicted molar refractivity (Wildman–Crippen MR) is 47.5 cm³/mol. The summed E-state index contributed by atoms with van der Waals surface area (Å²) in [7, 11) is 0. The lowest BCUT2D eigenvalue weighted by molar-refractivity contribution is -0.113. The second kappa shape index (κ2) is 2.71. The number of phenols is 1. The second-order valence-electron chi connectivity index (χ2n) is 2.52. The van der Waals surface area contributed by atoms with Crippen molar-refractivity contribution in [1.29, 1.82) is 0 Å². The van der Waals surface area contributed by atoms with Crippen molar-refractivity contribution in [1.82, 2.24) is 0 Å². The van der Waals surface area contributed by atoms with Crippen molar-refractivity contribution in [3.05, 3.63) is 18.2 Å². The molecule has 0 fully saturated rings. The summed E-state index contributed by atoms with van der Waals surface area (Å²) in [6.07, 6.45) is 0. The van der Waals surface area contributed by atoms with E-state index in [4.69, 9.17) is 5.11 Å². The van der Waals surface area contributed by atoms with Gasteiger partial charge in [0.05, 0.1) is 11.4 Å². The van der Waals surface area contributed by atoms with E-state index in [1.165, 1.54) is 11.8 Å². The first-order chi connectivity index (χ1) is 5.75. The SMILES string of the molecule is O=C1CSc2cc(O)ccc2N1. The van der Waals surface area contributed by atoms with Gasteiger partial charge in [-0.15, -0.1) is 11.8 Å². The monoisotopic (exact) mass is 181 g/mol. The van der Waals surface area contributed by atoms with Gasteiger partial charge in [0.15, 0.2) is 0 Å². The normalized spacial score (nSPS) is 15.2. The van der Waals surface area contributed by atoms with Crippen LogP contribution in [0.3, 0.4) is 0 Å². The molecular weight excluding hydrogens is 174 g/mol. The van der Waals surface area contributed by atoms with Crippen LogP contribution in [0.2, 0.25) is 0 Å². The largest absolute Gasteiger partial charge is 0.508 e. The molecule has 4 heteroatoms. The lowest BCUT2D eigenvalue weighted by Crippen LogP contribution is -2.18. The Hall–Kier alpha value is -1.16. The maximum atomic E-state index is 10.9. The van der Waals surface area contributed by atoms with Crippen molar-refractivity contribution in [3.63, 3.8) is 0 Å². The van der Waals surface area contributed by atoms with Gasteiger partial charge in [-0.05, 0) is 18.2 Å². The summed E-state index contributed by atoms with van der Waals surface area (Å²) in [5.41, 5.74) is 0.786. The summed E-state index contributed by atoms with van der Waals surface area (Å²) >= 11 is 1.44. The minimum atomic E-state index is 0.0122. The van der Waals surface area contributed by atoms with Gasteiger partial charge in [0.1, 0.15) is 5.75 Å². The highest BCUT2D eigenvalue weighted by Crippen LogP contribution is 2.33. The molecule has 0 unspecified atom stereocenters. The molecule has 0 saturated carbocycles. The van der Waals surface area contributed by atoms with Crippen molar-refractivity contribution in [2.24, 2.45) is 0 Å². The molecule has 2 N–H and O–H groups in total. The fraction of sp³-hybridized carbons (Fsp3) is 0.125. The third kappa shape index (κ3) is 1.25. The number of anilines is 1. The topological polar surface area (TPSA) is 49.3 Å². The van der Waals surface area contributed by atoms with Crippen LogP contribution in [0, 0.1) is 0 Å². The van der Waals surface area contributed by atoms with Gasteiger partial charge in [0.2, 0.25) is 5.91 Å². The van der Waals surface area contributed by atoms with Crippen LogP contribution in [0.15, 0.2) is 23.1 Å². The molecule has 1 aliphatic heterocycles. The number of fused-ring (bicyclic) bond motifs is 1. The fourth-order valence-electron chi connectivity index (χ4n) is 1.06. The number of hydrogen-bond donors (Lipinski definition) is 2. The van der Waals surface area contributed by atoms with E-state index in [9.17, 15) is 4.79 Å². The Morgan fingerprint density at radius 1 is 1.50 bits per heavy atom. The number of carbonyl (C=O) groups excluding carboxylic acids is 1. The van der Waals surface area contributed by atoms with Gasteiger partial charge < -0.3 is 10.4 Å². The van der Waals surface area contributed by atoms with Crippen LogP contribution in [0.5, 0.6) is 5.75 Å². The number of thioether (sulfide) groups is 1. The maximum absolute atomic E-state index is 10.9. The number of carbonyl (C=O) groups is 1. The van der Waals surface area contributed by atoms with Crippen molar-refractivity contribution >= 4 is 23.4 Å². The Morgan fingerprint density at radius 3 is 3.17 bits per heavy atom. The van der Waals surface area contributed by atoms with Crippen molar-refractivity contribution in [2.45, 2.75) is 4.90 Å². The van der Waals surface area contributed by atoms with Gasteiger partial charge >= 0.3 is 0 Å². The lowest BCUT2D eigenvalue weighted by Gasteiger charge is -2.15. The number of amides is 1. The van der Waals surface area contributed by atoms with Gasteiger partial charge in [-0.2, -0.15) is 0 Å². The van der Waals surface area contributed by atoms with Crippen LogP contribution < -0.4 is 5.32 Å². The Labute approximate surface area is 73.8 Å². The average Bonchev–Trinajstić information content (AvgIpc) is 2.05. The zero-order chi connectivity index (χ0) is 8.55. The van der Waals surface area contributed by atoms with E-state index in [2.05, 4.69) is 5.32 Å². The van der Waals surface area contributed by atoms with E-state index in [0.29, 0.717) is 5.75 Å². The molecule has 0 spiro atoms. The molecule has 0 aliphatic carbocycles. The smallest absolute Gasteiger partial charge is 0.234 e. The molecule has 62 valence electrons. The Morgan fingerprint density at radius 2 is 2.33 bits per heavy atom. The predicted octanol–water partition coefficient (Wildman–Crippen LogP) is 1.44. The van der Waals surface area contributed by atoms with Crippen molar-refractivity contribution in [2.75, 3.05) is 11.1 Å². The van der Waals surface area contributed by atoms with E-state index in [-0.39, 0.29) is 11.7 Å². The number of phenolic OH excluding ortho intramolecular Hbond substituents is 1. The first kappa shape index (κ1) is 7.49. The van der Waals surface area contributed by atoms with Crippen molar-refractivity contribution < 1.29 is 9.90 Å². The molecule has 12 heavy (non-hydrogen) atoms. The molecule has 2 rings (SSSR count). The lowest BCUT2D eigenvalue weighted by atomic mass is 10.3. The third-order valence-electron chi connectivity index (χ3n) is 1.60. The highest BCUT2D eigenvalue weighted by atomic mass is 32.2. The van der Waals surface area contributed by atoms with Gasteiger partial charge in [-0.25, -0.2) is 0 Å². The Bertz CT molecular complexity index is 338. The number of rotatable bonds is 0. The molecular formula is C8H7NO2S. The molecule has 3 nitrogen and oxygen atoms in total. The highest BCUT2D eigenvalue weighted by Gasteiger charge is 2.14. The second-order valence-corrected chi connectivity index (χ2v) is 3.53. The number of nitrogens with one attached hydrogen (secondary N) is 1. The highest BCUT2D eigenvalue weighted by molar-refractivity contribution is 8.00. The first-order valence-corrected chi connectivity index (χ1v) is 4.50. The molecule has 0 bridgehead atoms. The van der Waals surface area contributed by atoms with Crippen LogP contribution in [0.25, 0.3) is 0 Å². The number of benzene rings is 1. The van der Waals surface area contributed by atoms with Gasteiger partial charge in [-0.3, -0.25) is 4.79 Å². The number of aromatic hydroxyl groups is 1. The minimum Gasteiger partial charge on any atom is -0.508 e. The Balaban J connectivity index is 2.43. The molecule has 1 aromatic carbocycles. The first-order valence-electron chi connectivity index (χ1n) is 3.51. The quantitative estimate of drug-likeness (QED) is 0.595. The van der Waals surface area contributed by atoms with Crippen LogP contribution in [-0.4, -0.2) is 16.8 Å². The van der Waals surface area contributed by atoms with Crippen LogP contribution in [0.1, 0.15) is 0 Å². The summed E-state index contributed by atoms with van der Waals surface area (Å²) in [4.78, 5) is 11.8. The van der Waals surface area contributed by atoms with Crippen LogP contribution in [0.4, 0.5) is 5.69 Å². The third-order valence-corrected chi connectivity index (χ3v) is 2.65. The van der Waals surface area contributed by atoms with E-state index in [0.717, 1.165) is 10.6 Å². The van der Waals surface area contributed by atoms with E-state index >= 15 is 0 Å². The summed E-state index contributed by atoms with van der Waals surface area (Å²) in [5, 5.41) is 11.8. The number of hydrogen-bond acceptors (Lipinski definition) is 3. The van der Waals surface area contributed by atoms with Crippen molar-refractivity contribution in [3.8, 4) is 5.75 Å². The van der Waals surface area contributed by atoms with Gasteiger partial charge in [0.25, 0.3) is 0 Å². The van der Waals surface area contributed by atoms with E-state index < -0.39 is 0 Å².